The van der Waals surface area contributed by atoms with Gasteiger partial charge in [-0.2, -0.15) is 0 Å². The molecule has 1 saturated heterocycles. The molecule has 34 heavy (non-hydrogen) atoms. The highest BCUT2D eigenvalue weighted by Crippen LogP contribution is 2.44. The van der Waals surface area contributed by atoms with Gasteiger partial charge >= 0.3 is 0 Å². The Labute approximate surface area is 210 Å². The first-order chi connectivity index (χ1) is 16.3. The lowest BCUT2D eigenvalue weighted by atomic mass is 9.94. The molecule has 3 aromatic carbocycles. The quantitative estimate of drug-likeness (QED) is 0.247. The average molecular weight is 530 g/mol. The maximum absolute atomic E-state index is 12.9. The van der Waals surface area contributed by atoms with Crippen molar-refractivity contribution in [3.05, 3.63) is 94.8 Å². The van der Waals surface area contributed by atoms with E-state index in [0.29, 0.717) is 27.1 Å². The Kier molecular flexibility index (Phi) is 6.07. The number of carbonyl (C=O) groups excluding carboxylic acids is 1. The lowest BCUT2D eigenvalue weighted by Gasteiger charge is -2.42. The first-order valence-electron chi connectivity index (χ1n) is 10.2. The van der Waals surface area contributed by atoms with Crippen LogP contribution in [0.3, 0.4) is 0 Å². The molecular formula is C24H17Cl2N3O3S2. The maximum atomic E-state index is 12.9. The number of hydrogen-bond acceptors (Lipinski definition) is 5. The van der Waals surface area contributed by atoms with Gasteiger partial charge in [0.1, 0.15) is 5.38 Å². The molecule has 1 aromatic heterocycles. The van der Waals surface area contributed by atoms with Crippen LogP contribution in [0.2, 0.25) is 5.02 Å². The lowest BCUT2D eigenvalue weighted by molar-refractivity contribution is -0.123. The number of anilines is 2. The molecule has 0 spiro atoms. The number of hydrogen-bond donors (Lipinski definition) is 1. The number of carbonyl (C=O) groups is 1. The van der Waals surface area contributed by atoms with E-state index in [1.807, 2.05) is 30.3 Å². The fraction of sp³-hybridized carbons (Fsp3) is 0.0833. The molecule has 2 unspecified atom stereocenters. The molecular weight excluding hydrogens is 513 g/mol. The first kappa shape index (κ1) is 22.9. The van der Waals surface area contributed by atoms with Crippen molar-refractivity contribution in [2.45, 2.75) is 16.3 Å². The zero-order chi connectivity index (χ0) is 23.9. The van der Waals surface area contributed by atoms with E-state index < -0.39 is 15.4 Å². The summed E-state index contributed by atoms with van der Waals surface area (Å²) in [6, 6.07) is 22.1. The van der Waals surface area contributed by atoms with Crippen molar-refractivity contribution < 1.29 is 13.2 Å². The third-order valence-corrected chi connectivity index (χ3v) is 8.34. The van der Waals surface area contributed by atoms with Crippen molar-refractivity contribution in [3.8, 4) is 11.3 Å². The number of aromatic nitrogens is 1. The van der Waals surface area contributed by atoms with Gasteiger partial charge < -0.3 is 0 Å². The highest BCUT2D eigenvalue weighted by Gasteiger charge is 2.49. The second-order valence-electron chi connectivity index (χ2n) is 7.59. The summed E-state index contributed by atoms with van der Waals surface area (Å²) in [5.41, 5.74) is 2.44. The number of nitrogens with zero attached hydrogens (tertiary/aromatic N) is 2. The number of amides is 1. The number of thiazole rings is 1. The van der Waals surface area contributed by atoms with Gasteiger partial charge in [0, 0.05) is 16.0 Å². The smallest absolute Gasteiger partial charge is 0.261 e. The van der Waals surface area contributed by atoms with E-state index in [-0.39, 0.29) is 16.8 Å². The van der Waals surface area contributed by atoms with E-state index >= 15 is 0 Å². The Morgan fingerprint density at radius 2 is 1.62 bits per heavy atom. The highest BCUT2D eigenvalue weighted by molar-refractivity contribution is 7.92. The topological polar surface area (TPSA) is 79.4 Å². The Bertz CT molecular complexity index is 1460. The summed E-state index contributed by atoms with van der Waals surface area (Å²) in [5, 5.41) is 2.08. The van der Waals surface area contributed by atoms with E-state index in [1.165, 1.54) is 35.6 Å². The first-order valence-corrected chi connectivity index (χ1v) is 13.4. The van der Waals surface area contributed by atoms with Crippen LogP contribution in [0.5, 0.6) is 0 Å². The van der Waals surface area contributed by atoms with Gasteiger partial charge in [-0.05, 0) is 35.9 Å². The van der Waals surface area contributed by atoms with E-state index in [0.717, 1.165) is 5.56 Å². The van der Waals surface area contributed by atoms with Crippen LogP contribution >= 0.6 is 34.5 Å². The summed E-state index contributed by atoms with van der Waals surface area (Å²) < 4.78 is 28.4. The SMILES string of the molecule is O=C1C(Cl)C(c2ccccc2)N1c1nc(-c2ccccc2NS(=O)(=O)c2ccc(Cl)cc2)cs1. The number of β-lactam (4-membered cyclic amide) rings is 1. The highest BCUT2D eigenvalue weighted by atomic mass is 35.5. The zero-order valence-corrected chi connectivity index (χ0v) is 20.6. The molecule has 2 atom stereocenters. The maximum Gasteiger partial charge on any atom is 0.261 e. The second-order valence-corrected chi connectivity index (χ2v) is 11.0. The van der Waals surface area contributed by atoms with Crippen molar-refractivity contribution in [2.75, 3.05) is 9.62 Å². The Morgan fingerprint density at radius 3 is 2.35 bits per heavy atom. The standard InChI is InChI=1S/C24H17Cl2N3O3S2/c25-16-10-12-17(13-11-16)34(31,32)28-19-9-5-4-8-18(19)20-14-33-24(27-20)29-22(21(26)23(29)30)15-6-2-1-3-7-15/h1-14,21-22,28H. The number of halogens is 2. The van der Waals surface area contributed by atoms with Crippen molar-refractivity contribution >= 4 is 61.3 Å². The summed E-state index contributed by atoms with van der Waals surface area (Å²) in [4.78, 5) is 18.9. The van der Waals surface area contributed by atoms with E-state index in [1.54, 1.807) is 34.5 Å². The molecule has 2 heterocycles. The van der Waals surface area contributed by atoms with Crippen LogP contribution in [0.1, 0.15) is 11.6 Å². The molecule has 172 valence electrons. The van der Waals surface area contributed by atoms with Gasteiger partial charge in [0.2, 0.25) is 5.91 Å². The number of para-hydroxylation sites is 1. The Hall–Kier alpha value is -2.91. The van der Waals surface area contributed by atoms with Crippen LogP contribution in [0.4, 0.5) is 10.8 Å². The van der Waals surface area contributed by atoms with Gasteiger partial charge in [0.15, 0.2) is 5.13 Å². The second kappa shape index (κ2) is 9.03. The third kappa shape index (κ3) is 4.18. The van der Waals surface area contributed by atoms with Crippen molar-refractivity contribution in [3.63, 3.8) is 0 Å². The summed E-state index contributed by atoms with van der Waals surface area (Å²) in [7, 11) is -3.84. The van der Waals surface area contributed by atoms with Crippen LogP contribution in [0, 0.1) is 0 Å². The number of nitrogens with one attached hydrogen (secondary N) is 1. The van der Waals surface area contributed by atoms with Crippen molar-refractivity contribution in [2.24, 2.45) is 0 Å². The van der Waals surface area contributed by atoms with E-state index in [2.05, 4.69) is 9.71 Å². The zero-order valence-electron chi connectivity index (χ0n) is 17.4. The summed E-state index contributed by atoms with van der Waals surface area (Å²) in [6.45, 7) is 0. The molecule has 6 nitrogen and oxygen atoms in total. The van der Waals surface area contributed by atoms with Crippen molar-refractivity contribution in [1.82, 2.24) is 4.98 Å². The van der Waals surface area contributed by atoms with Gasteiger partial charge in [-0.1, -0.05) is 60.1 Å². The third-order valence-electron chi connectivity index (χ3n) is 5.44. The monoisotopic (exact) mass is 529 g/mol. The molecule has 1 aliphatic rings. The fourth-order valence-electron chi connectivity index (χ4n) is 3.75. The molecule has 1 aliphatic heterocycles. The predicted molar refractivity (Wildman–Crippen MR) is 136 cm³/mol. The normalized spacial score (nSPS) is 17.9. The number of alkyl halides is 1. The van der Waals surface area contributed by atoms with Gasteiger partial charge in [-0.3, -0.25) is 14.4 Å². The molecule has 0 aliphatic carbocycles. The molecule has 1 fully saturated rings. The number of sulfonamides is 1. The van der Waals surface area contributed by atoms with Crippen LogP contribution in [0.25, 0.3) is 11.3 Å². The molecule has 0 saturated carbocycles. The average Bonchev–Trinajstić information content (AvgIpc) is 3.31. The van der Waals surface area contributed by atoms with Crippen LogP contribution in [0.15, 0.2) is 89.1 Å². The van der Waals surface area contributed by atoms with Crippen molar-refractivity contribution in [1.29, 1.82) is 0 Å². The molecule has 0 bridgehead atoms. The molecule has 4 aromatic rings. The van der Waals surface area contributed by atoms with Crippen LogP contribution in [-0.2, 0) is 14.8 Å². The molecule has 10 heteroatoms. The lowest BCUT2D eigenvalue weighted by Crippen LogP contribution is -2.56. The fourth-order valence-corrected chi connectivity index (χ4v) is 6.18. The molecule has 1 N–H and O–H groups in total. The number of benzene rings is 3. The minimum absolute atomic E-state index is 0.0932. The Morgan fingerprint density at radius 1 is 0.941 bits per heavy atom. The molecule has 1 amide bonds. The summed E-state index contributed by atoms with van der Waals surface area (Å²) in [6.07, 6.45) is 0. The molecule has 0 radical (unpaired) electrons. The van der Waals surface area contributed by atoms with Gasteiger partial charge in [0.25, 0.3) is 10.0 Å². The predicted octanol–water partition coefficient (Wildman–Crippen LogP) is 5.96. The van der Waals surface area contributed by atoms with E-state index in [4.69, 9.17) is 23.2 Å². The van der Waals surface area contributed by atoms with Crippen LogP contribution in [-0.4, -0.2) is 24.7 Å². The summed E-state index contributed by atoms with van der Waals surface area (Å²) in [5.74, 6) is -0.215. The minimum Gasteiger partial charge on any atom is -0.279 e. The molecule has 5 rings (SSSR count). The number of rotatable bonds is 6. The van der Waals surface area contributed by atoms with Crippen LogP contribution < -0.4 is 9.62 Å². The Balaban J connectivity index is 1.45. The largest absolute Gasteiger partial charge is 0.279 e. The summed E-state index contributed by atoms with van der Waals surface area (Å²) >= 11 is 13.5. The van der Waals surface area contributed by atoms with E-state index in [9.17, 15) is 13.2 Å². The van der Waals surface area contributed by atoms with Gasteiger partial charge in [-0.15, -0.1) is 22.9 Å². The van der Waals surface area contributed by atoms with Gasteiger partial charge in [0.05, 0.1) is 22.3 Å². The minimum atomic E-state index is -3.84. The van der Waals surface area contributed by atoms with Gasteiger partial charge in [-0.25, -0.2) is 13.4 Å².